The number of carbonyl (C=O) groups excluding carboxylic acids is 3. The highest BCUT2D eigenvalue weighted by Gasteiger charge is 2.64. The van der Waals surface area contributed by atoms with Crippen molar-refractivity contribution in [2.75, 3.05) is 38.8 Å². The van der Waals surface area contributed by atoms with E-state index in [0.717, 1.165) is 0 Å². The molecule has 0 heterocycles. The fourth-order valence-corrected chi connectivity index (χ4v) is 6.18. The second kappa shape index (κ2) is 10.2. The summed E-state index contributed by atoms with van der Waals surface area (Å²) >= 11 is 6.40. The zero-order chi connectivity index (χ0) is 30.8. The summed E-state index contributed by atoms with van der Waals surface area (Å²) in [6.07, 6.45) is 0.108. The number of nitrogen functional groups attached to an aromatic ring is 1. The fraction of sp³-hybridized carbons (Fsp3) is 0.435. The largest absolute Gasteiger partial charge is 0.508 e. The Kier molecular flexibility index (Phi) is 7.94. The molecule has 1 aromatic rings. The lowest BCUT2D eigenvalue weighted by atomic mass is 9.57. The number of fused-ring (bicyclic) bond motifs is 3. The Morgan fingerprint density at radius 2 is 1.62 bits per heavy atom. The second-order valence-corrected chi connectivity index (χ2v) is 11.4. The lowest BCUT2D eigenvalue weighted by Gasteiger charge is -2.50. The molecule has 0 bridgehead atoms. The van der Waals surface area contributed by atoms with Gasteiger partial charge in [0.25, 0.3) is 5.91 Å². The van der Waals surface area contributed by atoms with Gasteiger partial charge in [-0.1, -0.05) is 11.6 Å². The van der Waals surface area contributed by atoms with Crippen LogP contribution in [0.15, 0.2) is 16.9 Å². The van der Waals surface area contributed by atoms with E-state index in [-0.39, 0.29) is 34.7 Å². The van der Waals surface area contributed by atoms with Gasteiger partial charge in [-0.05, 0) is 38.4 Å². The van der Waals surface area contributed by atoms with Crippen LogP contribution in [0.5, 0.6) is 5.75 Å². The van der Waals surface area contributed by atoms with Gasteiger partial charge in [0.1, 0.15) is 17.1 Å². The highest BCUT2D eigenvalue weighted by atomic mass is 35.5. The van der Waals surface area contributed by atoms with Crippen molar-refractivity contribution in [3.8, 4) is 5.75 Å². The van der Waals surface area contributed by atoms with Gasteiger partial charge in [-0.3, -0.25) is 28.4 Å². The van der Waals surface area contributed by atoms with Crippen molar-refractivity contribution in [1.29, 1.82) is 0 Å². The van der Waals surface area contributed by atoms with Gasteiger partial charge in [0.2, 0.25) is 5.78 Å². The molecule has 0 saturated heterocycles. The molecule has 4 rings (SSSR count). The number of halogens is 1. The number of nitrogens with zero attached hydrogens (tertiary/aromatic N) is 2. The molecule has 4 unspecified atom stereocenters. The van der Waals surface area contributed by atoms with Crippen LogP contribution in [0, 0.1) is 11.8 Å². The van der Waals surface area contributed by atoms with Crippen LogP contribution in [0.25, 0.3) is 5.76 Å². The van der Waals surface area contributed by atoms with E-state index < -0.39 is 74.2 Å². The Labute approximate surface area is 233 Å². The normalized spacial score (nSPS) is 26.1. The quantitative estimate of drug-likeness (QED) is 0.0945. The van der Waals surface area contributed by atoms with Gasteiger partial charge in [0.05, 0.1) is 28.0 Å². The van der Waals surface area contributed by atoms with Crippen LogP contribution < -0.4 is 16.4 Å². The molecule has 1 fully saturated rings. The van der Waals surface area contributed by atoms with Crippen LogP contribution in [0.3, 0.4) is 0 Å². The number of ketones is 2. The van der Waals surface area contributed by atoms with Crippen molar-refractivity contribution in [3.05, 3.63) is 33.1 Å². The maximum atomic E-state index is 13.8. The first-order valence-corrected chi connectivity index (χ1v) is 13.3. The predicted molar refractivity (Wildman–Crippen MR) is 142 cm³/mol. The number of nitrogens with two attached hydrogens (primary N) is 2. The first kappa shape index (κ1) is 31.1. The zero-order valence-corrected chi connectivity index (χ0v) is 23.3. The molecular formula is C23H29ClN4O11S. The summed E-state index contributed by atoms with van der Waals surface area (Å²) in [5, 5.41) is 44.4. The van der Waals surface area contributed by atoms with Crippen LogP contribution >= 0.6 is 11.6 Å². The van der Waals surface area contributed by atoms with Crippen molar-refractivity contribution in [3.63, 3.8) is 0 Å². The number of rotatable bonds is 3. The van der Waals surface area contributed by atoms with Crippen LogP contribution in [0.1, 0.15) is 17.5 Å². The van der Waals surface area contributed by atoms with E-state index in [4.69, 9.17) is 40.6 Å². The summed E-state index contributed by atoms with van der Waals surface area (Å²) < 4.78 is 31.6. The fourth-order valence-electron chi connectivity index (χ4n) is 5.81. The molecular weight excluding hydrogens is 576 g/mol. The molecule has 10 N–H and O–H groups in total. The third-order valence-corrected chi connectivity index (χ3v) is 7.67. The Hall–Kier alpha value is -3.41. The summed E-state index contributed by atoms with van der Waals surface area (Å²) in [6, 6.07) is -1.15. The number of phenols is 1. The molecule has 17 heteroatoms. The molecule has 3 aliphatic carbocycles. The number of amides is 1. The first-order valence-electron chi connectivity index (χ1n) is 11.5. The average molecular weight is 605 g/mol. The van der Waals surface area contributed by atoms with Gasteiger partial charge in [0, 0.05) is 25.6 Å². The number of aliphatic hydroxyl groups is 3. The third kappa shape index (κ3) is 4.76. The topological polar surface area (TPSA) is 265 Å². The zero-order valence-electron chi connectivity index (χ0n) is 21.7. The number of benzene rings is 1. The third-order valence-electron chi connectivity index (χ3n) is 7.28. The minimum atomic E-state index is -4.67. The van der Waals surface area contributed by atoms with Gasteiger partial charge in [0.15, 0.2) is 17.1 Å². The summed E-state index contributed by atoms with van der Waals surface area (Å²) in [6.45, 7) is 0. The minimum absolute atomic E-state index is 0.0125. The molecule has 0 aromatic heterocycles. The smallest absolute Gasteiger partial charge is 0.394 e. The summed E-state index contributed by atoms with van der Waals surface area (Å²) in [5.74, 6) is -7.31. The standard InChI is InChI=1S/C23H27ClN4O7.H2O4S/c1-27(2)15-8-5-7-6-9-16(28(3)4)19(31)12(22(26)34)21(33)23(9,35)20(32)10(7)17(29)11(8)18(30)14(25)13(15)24;1-5(2,3)4/h7,9,16,29-30,33,35H,5-6,25H2,1-4H3,(H2,26,34);(H2,1,2,3,4). The van der Waals surface area contributed by atoms with E-state index in [0.29, 0.717) is 11.3 Å². The maximum Gasteiger partial charge on any atom is 0.394 e. The van der Waals surface area contributed by atoms with Crippen molar-refractivity contribution in [2.24, 2.45) is 17.6 Å². The molecule has 1 saturated carbocycles. The molecule has 1 amide bonds. The van der Waals surface area contributed by atoms with Crippen LogP contribution in [-0.4, -0.2) is 100 Å². The van der Waals surface area contributed by atoms with E-state index in [9.17, 15) is 34.8 Å². The summed E-state index contributed by atoms with van der Waals surface area (Å²) in [5.41, 5.74) is 8.05. The Bertz CT molecular complexity index is 1490. The first-order chi connectivity index (χ1) is 18.2. The number of likely N-dealkylation sites (N-methyl/N-ethyl adjacent to an activating group) is 1. The number of carbonyl (C=O) groups is 3. The van der Waals surface area contributed by atoms with Gasteiger partial charge in [-0.15, -0.1) is 0 Å². The van der Waals surface area contributed by atoms with Crippen molar-refractivity contribution < 1.29 is 52.3 Å². The molecule has 0 spiro atoms. The lowest BCUT2D eigenvalue weighted by Crippen LogP contribution is -2.65. The number of hydrogen-bond donors (Lipinski definition) is 8. The van der Waals surface area contributed by atoms with E-state index in [2.05, 4.69) is 0 Å². The van der Waals surface area contributed by atoms with Crippen molar-refractivity contribution in [2.45, 2.75) is 24.5 Å². The van der Waals surface area contributed by atoms with Gasteiger partial charge >= 0.3 is 10.4 Å². The Morgan fingerprint density at radius 1 is 1.10 bits per heavy atom. The number of phenolic OH excluding ortho intramolecular Hbond substituents is 1. The van der Waals surface area contributed by atoms with Gasteiger partial charge < -0.3 is 36.8 Å². The van der Waals surface area contributed by atoms with E-state index in [1.54, 1.807) is 19.0 Å². The van der Waals surface area contributed by atoms with Crippen LogP contribution in [0.4, 0.5) is 11.4 Å². The Balaban J connectivity index is 0.000000810. The Morgan fingerprint density at radius 3 is 2.08 bits per heavy atom. The van der Waals surface area contributed by atoms with E-state index >= 15 is 0 Å². The van der Waals surface area contributed by atoms with Crippen LogP contribution in [0.2, 0.25) is 5.02 Å². The average Bonchev–Trinajstić information content (AvgIpc) is 2.78. The van der Waals surface area contributed by atoms with E-state index in [1.807, 2.05) is 0 Å². The summed E-state index contributed by atoms with van der Waals surface area (Å²) in [4.78, 5) is 42.0. The molecule has 3 aliphatic rings. The number of hydrogen-bond acceptors (Lipinski definition) is 12. The SMILES string of the molecule is CN(C)c1c(Cl)c(N)c(O)c2c1CC1CC3C(N(C)C)C(=O)C(C(N)=O)=C(O)C3(O)C(=O)C1=C2O.O=S(=O)(O)O. The molecule has 1 aromatic carbocycles. The number of aliphatic hydroxyl groups excluding tert-OH is 2. The predicted octanol–water partition coefficient (Wildman–Crippen LogP) is -0.387. The minimum Gasteiger partial charge on any atom is -0.508 e. The molecule has 4 atom stereocenters. The van der Waals surface area contributed by atoms with Crippen molar-refractivity contribution >= 4 is 56.6 Å². The van der Waals surface area contributed by atoms with Gasteiger partial charge in [-0.2, -0.15) is 8.42 Å². The highest BCUT2D eigenvalue weighted by Crippen LogP contribution is 2.55. The van der Waals surface area contributed by atoms with Crippen molar-refractivity contribution in [1.82, 2.24) is 4.90 Å². The molecule has 220 valence electrons. The molecule has 0 aliphatic heterocycles. The maximum absolute atomic E-state index is 13.8. The molecule has 40 heavy (non-hydrogen) atoms. The number of anilines is 2. The lowest BCUT2D eigenvalue weighted by molar-refractivity contribution is -0.153. The number of aromatic hydroxyl groups is 1. The molecule has 15 nitrogen and oxygen atoms in total. The summed E-state index contributed by atoms with van der Waals surface area (Å²) in [7, 11) is 1.82. The van der Waals surface area contributed by atoms with Gasteiger partial charge in [-0.25, -0.2) is 0 Å². The highest BCUT2D eigenvalue weighted by molar-refractivity contribution is 7.79. The monoisotopic (exact) mass is 604 g/mol. The van der Waals surface area contributed by atoms with Crippen LogP contribution in [-0.2, 0) is 31.2 Å². The number of primary amides is 1. The molecule has 0 radical (unpaired) electrons. The number of Topliss-reactive ketones (excluding diaryl/α,β-unsaturated/α-hetero) is 2. The van der Waals surface area contributed by atoms with E-state index in [1.165, 1.54) is 19.0 Å². The second-order valence-electron chi connectivity index (χ2n) is 10.1.